The summed E-state index contributed by atoms with van der Waals surface area (Å²) in [6, 6.07) is 12.1. The Kier molecular flexibility index (Phi) is 5.45. The third-order valence-corrected chi connectivity index (χ3v) is 5.50. The molecule has 2 rings (SSSR count). The van der Waals surface area contributed by atoms with E-state index >= 15 is 0 Å². The van der Waals surface area contributed by atoms with Crippen LogP contribution in [0, 0.1) is 5.92 Å². The van der Waals surface area contributed by atoms with E-state index in [4.69, 9.17) is 0 Å². The minimum Gasteiger partial charge on any atom is -0.311 e. The first-order chi connectivity index (χ1) is 9.99. The van der Waals surface area contributed by atoms with Gasteiger partial charge >= 0.3 is 0 Å². The van der Waals surface area contributed by atoms with Crippen molar-refractivity contribution < 1.29 is 0 Å². The molecule has 21 heavy (non-hydrogen) atoms. The van der Waals surface area contributed by atoms with Crippen LogP contribution in [0.4, 0.5) is 0 Å². The predicted molar refractivity (Wildman–Crippen MR) is 91.5 cm³/mol. The van der Waals surface area contributed by atoms with Crippen LogP contribution in [0.2, 0.25) is 0 Å². The Labute approximate surface area is 130 Å². The van der Waals surface area contributed by atoms with Gasteiger partial charge in [0.1, 0.15) is 0 Å². The summed E-state index contributed by atoms with van der Waals surface area (Å²) in [6.45, 7) is 14.0. The summed E-state index contributed by atoms with van der Waals surface area (Å²) >= 11 is 0. The van der Waals surface area contributed by atoms with Gasteiger partial charge in [-0.3, -0.25) is 4.90 Å². The Morgan fingerprint density at radius 2 is 1.90 bits per heavy atom. The summed E-state index contributed by atoms with van der Waals surface area (Å²) in [5.74, 6) is 0.733. The van der Waals surface area contributed by atoms with Crippen molar-refractivity contribution in [2.24, 2.45) is 5.92 Å². The Morgan fingerprint density at radius 1 is 1.24 bits per heavy atom. The molecule has 1 aliphatic rings. The molecule has 0 saturated carbocycles. The van der Waals surface area contributed by atoms with Gasteiger partial charge in [0, 0.05) is 30.7 Å². The maximum Gasteiger partial charge on any atom is 0.0478 e. The molecule has 0 bridgehead atoms. The van der Waals surface area contributed by atoms with Crippen LogP contribution in [0.25, 0.3) is 0 Å². The van der Waals surface area contributed by atoms with Gasteiger partial charge in [-0.2, -0.15) is 0 Å². The van der Waals surface area contributed by atoms with Gasteiger partial charge < -0.3 is 5.32 Å². The van der Waals surface area contributed by atoms with E-state index in [2.05, 4.69) is 75.2 Å². The van der Waals surface area contributed by atoms with E-state index in [0.29, 0.717) is 12.1 Å². The zero-order valence-corrected chi connectivity index (χ0v) is 14.4. The van der Waals surface area contributed by atoms with Crippen molar-refractivity contribution in [3.63, 3.8) is 0 Å². The van der Waals surface area contributed by atoms with Crippen molar-refractivity contribution in [1.82, 2.24) is 10.2 Å². The molecule has 0 amide bonds. The lowest BCUT2D eigenvalue weighted by Crippen LogP contribution is -2.60. The van der Waals surface area contributed by atoms with Crippen molar-refractivity contribution >= 4 is 0 Å². The van der Waals surface area contributed by atoms with E-state index in [1.807, 2.05) is 0 Å². The summed E-state index contributed by atoms with van der Waals surface area (Å²) in [4.78, 5) is 2.73. The van der Waals surface area contributed by atoms with E-state index in [-0.39, 0.29) is 5.54 Å². The molecule has 1 aromatic rings. The summed E-state index contributed by atoms with van der Waals surface area (Å²) in [5.41, 5.74) is 1.68. The first kappa shape index (κ1) is 16.5. The highest BCUT2D eigenvalue weighted by atomic mass is 15.3. The van der Waals surface area contributed by atoms with Crippen LogP contribution in [0.5, 0.6) is 0 Å². The molecule has 118 valence electrons. The van der Waals surface area contributed by atoms with Gasteiger partial charge in [-0.25, -0.2) is 0 Å². The standard InChI is InChI=1S/C19H32N2/c1-6-15(3)17-14-21(19(4,5)7-2)18(13-20-17)16-11-9-8-10-12-16/h8-12,15,17-18,20H,6-7,13-14H2,1-5H3. The van der Waals surface area contributed by atoms with Gasteiger partial charge in [0.25, 0.3) is 0 Å². The van der Waals surface area contributed by atoms with Crippen LogP contribution in [0.15, 0.2) is 30.3 Å². The van der Waals surface area contributed by atoms with Crippen LogP contribution < -0.4 is 5.32 Å². The smallest absolute Gasteiger partial charge is 0.0478 e. The summed E-state index contributed by atoms with van der Waals surface area (Å²) in [7, 11) is 0. The second-order valence-corrected chi connectivity index (χ2v) is 7.15. The molecule has 0 radical (unpaired) electrons. The number of hydrogen-bond acceptors (Lipinski definition) is 2. The maximum atomic E-state index is 3.80. The average Bonchev–Trinajstić information content (AvgIpc) is 2.54. The fourth-order valence-electron chi connectivity index (χ4n) is 3.29. The number of nitrogens with one attached hydrogen (secondary N) is 1. The lowest BCUT2D eigenvalue weighted by molar-refractivity contribution is 0.0168. The van der Waals surface area contributed by atoms with E-state index in [9.17, 15) is 0 Å². The minimum absolute atomic E-state index is 0.244. The number of benzene rings is 1. The van der Waals surface area contributed by atoms with E-state index in [0.717, 1.165) is 19.0 Å². The van der Waals surface area contributed by atoms with Gasteiger partial charge in [0.15, 0.2) is 0 Å². The van der Waals surface area contributed by atoms with Crippen molar-refractivity contribution in [2.45, 2.75) is 65.1 Å². The molecule has 0 aromatic heterocycles. The zero-order valence-electron chi connectivity index (χ0n) is 14.4. The topological polar surface area (TPSA) is 15.3 Å². The molecule has 3 atom stereocenters. The molecule has 1 aromatic carbocycles. The van der Waals surface area contributed by atoms with Crippen molar-refractivity contribution in [3.05, 3.63) is 35.9 Å². The molecule has 1 saturated heterocycles. The highest BCUT2D eigenvalue weighted by molar-refractivity contribution is 5.21. The van der Waals surface area contributed by atoms with E-state index in [1.54, 1.807) is 0 Å². The highest BCUT2D eigenvalue weighted by Gasteiger charge is 2.38. The zero-order chi connectivity index (χ0) is 15.5. The Hall–Kier alpha value is -0.860. The molecule has 3 unspecified atom stereocenters. The second kappa shape index (κ2) is 6.93. The van der Waals surface area contributed by atoms with Crippen molar-refractivity contribution in [1.29, 1.82) is 0 Å². The van der Waals surface area contributed by atoms with Gasteiger partial charge in [-0.15, -0.1) is 0 Å². The van der Waals surface area contributed by atoms with Crippen LogP contribution in [-0.4, -0.2) is 29.6 Å². The number of piperazine rings is 1. The Morgan fingerprint density at radius 3 is 2.48 bits per heavy atom. The SMILES string of the molecule is CCC(C)C1CN(C(C)(C)CC)C(c2ccccc2)CN1. The lowest BCUT2D eigenvalue weighted by atomic mass is 9.88. The van der Waals surface area contributed by atoms with E-state index in [1.165, 1.54) is 18.4 Å². The molecule has 1 heterocycles. The lowest BCUT2D eigenvalue weighted by Gasteiger charge is -2.50. The molecule has 1 N–H and O–H groups in total. The molecule has 0 spiro atoms. The van der Waals surface area contributed by atoms with Gasteiger partial charge in [-0.05, 0) is 31.7 Å². The van der Waals surface area contributed by atoms with Gasteiger partial charge in [-0.1, -0.05) is 57.5 Å². The number of hydrogen-bond donors (Lipinski definition) is 1. The monoisotopic (exact) mass is 288 g/mol. The average molecular weight is 288 g/mol. The predicted octanol–water partition coefficient (Wildman–Crippen LogP) is 4.24. The Balaban J connectivity index is 2.25. The van der Waals surface area contributed by atoms with Crippen LogP contribution in [0.1, 0.15) is 59.1 Å². The van der Waals surface area contributed by atoms with Crippen molar-refractivity contribution in [3.8, 4) is 0 Å². The Bertz CT molecular complexity index is 426. The van der Waals surface area contributed by atoms with Crippen LogP contribution in [-0.2, 0) is 0 Å². The molecule has 1 aliphatic heterocycles. The highest BCUT2D eigenvalue weighted by Crippen LogP contribution is 2.33. The van der Waals surface area contributed by atoms with Crippen LogP contribution in [0.3, 0.4) is 0 Å². The molecule has 0 aliphatic carbocycles. The third-order valence-electron chi connectivity index (χ3n) is 5.50. The van der Waals surface area contributed by atoms with Gasteiger partial charge in [0.05, 0.1) is 0 Å². The maximum absolute atomic E-state index is 3.80. The minimum atomic E-state index is 0.244. The van der Waals surface area contributed by atoms with Crippen LogP contribution >= 0.6 is 0 Å². The largest absolute Gasteiger partial charge is 0.311 e. The molecular weight excluding hydrogens is 256 g/mol. The first-order valence-corrected chi connectivity index (χ1v) is 8.54. The van der Waals surface area contributed by atoms with E-state index < -0.39 is 0 Å². The first-order valence-electron chi connectivity index (χ1n) is 8.54. The summed E-state index contributed by atoms with van der Waals surface area (Å²) in [6.07, 6.45) is 2.43. The fourth-order valence-corrected chi connectivity index (χ4v) is 3.29. The van der Waals surface area contributed by atoms with Crippen molar-refractivity contribution in [2.75, 3.05) is 13.1 Å². The summed E-state index contributed by atoms with van der Waals surface area (Å²) < 4.78 is 0. The quantitative estimate of drug-likeness (QED) is 0.872. The molecular formula is C19H32N2. The van der Waals surface area contributed by atoms with Gasteiger partial charge in [0.2, 0.25) is 0 Å². The third kappa shape index (κ3) is 3.67. The fraction of sp³-hybridized carbons (Fsp3) is 0.684. The number of rotatable bonds is 5. The number of nitrogens with zero attached hydrogens (tertiary/aromatic N) is 1. The normalized spacial score (nSPS) is 25.8. The summed E-state index contributed by atoms with van der Waals surface area (Å²) in [5, 5.41) is 3.80. The second-order valence-electron chi connectivity index (χ2n) is 7.15. The molecule has 2 nitrogen and oxygen atoms in total. The molecule has 2 heteroatoms. The molecule has 1 fully saturated rings.